The number of aryl methyl sites for hydroxylation is 1. The highest BCUT2D eigenvalue weighted by molar-refractivity contribution is 5.97. The van der Waals surface area contributed by atoms with Gasteiger partial charge in [0.15, 0.2) is 5.76 Å². The second-order valence-electron chi connectivity index (χ2n) is 6.19. The van der Waals surface area contributed by atoms with E-state index in [1.54, 1.807) is 11.0 Å². The van der Waals surface area contributed by atoms with Gasteiger partial charge in [-0.3, -0.25) is 9.59 Å². The Balaban J connectivity index is 1.88. The van der Waals surface area contributed by atoms with E-state index >= 15 is 0 Å². The summed E-state index contributed by atoms with van der Waals surface area (Å²) in [5, 5.41) is 10.1. The number of furan rings is 1. The van der Waals surface area contributed by atoms with Crippen LogP contribution in [0.4, 0.5) is 0 Å². The number of carboxylic acid groups (broad SMARTS) is 1. The molecule has 0 bridgehead atoms. The summed E-state index contributed by atoms with van der Waals surface area (Å²) >= 11 is 0. The number of amides is 1. The first-order valence-corrected chi connectivity index (χ1v) is 7.47. The minimum Gasteiger partial charge on any atom is -0.481 e. The molecule has 1 aromatic heterocycles. The van der Waals surface area contributed by atoms with Crippen LogP contribution in [-0.2, 0) is 4.79 Å². The molecule has 116 valence electrons. The van der Waals surface area contributed by atoms with Gasteiger partial charge in [-0.05, 0) is 30.9 Å². The highest BCUT2D eigenvalue weighted by Crippen LogP contribution is 2.27. The van der Waals surface area contributed by atoms with Crippen LogP contribution in [0.25, 0.3) is 11.0 Å². The van der Waals surface area contributed by atoms with Gasteiger partial charge < -0.3 is 14.4 Å². The lowest BCUT2D eigenvalue weighted by Crippen LogP contribution is -2.45. The van der Waals surface area contributed by atoms with E-state index < -0.39 is 11.9 Å². The van der Waals surface area contributed by atoms with E-state index in [0.717, 1.165) is 10.9 Å². The van der Waals surface area contributed by atoms with Crippen LogP contribution in [0.5, 0.6) is 0 Å². The number of hydrogen-bond acceptors (Lipinski definition) is 3. The van der Waals surface area contributed by atoms with Crippen molar-refractivity contribution in [1.82, 2.24) is 4.90 Å². The molecule has 5 nitrogen and oxygen atoms in total. The van der Waals surface area contributed by atoms with Crippen molar-refractivity contribution in [2.24, 2.45) is 11.8 Å². The fourth-order valence-corrected chi connectivity index (χ4v) is 3.17. The maximum atomic E-state index is 12.6. The molecule has 1 aromatic carbocycles. The minimum atomic E-state index is -0.843. The highest BCUT2D eigenvalue weighted by atomic mass is 16.4. The van der Waals surface area contributed by atoms with Crippen molar-refractivity contribution >= 4 is 22.8 Å². The average Bonchev–Trinajstić information content (AvgIpc) is 2.91. The number of rotatable bonds is 2. The number of piperidine rings is 1. The van der Waals surface area contributed by atoms with Crippen LogP contribution in [0.1, 0.15) is 29.5 Å². The number of carboxylic acids is 1. The molecule has 2 unspecified atom stereocenters. The molecular weight excluding hydrogens is 282 g/mol. The van der Waals surface area contributed by atoms with E-state index in [0.29, 0.717) is 18.5 Å². The van der Waals surface area contributed by atoms with Gasteiger partial charge in [-0.25, -0.2) is 0 Å². The molecule has 1 aliphatic heterocycles. The van der Waals surface area contributed by atoms with Gasteiger partial charge in [-0.1, -0.05) is 25.1 Å². The topological polar surface area (TPSA) is 70.8 Å². The molecule has 0 spiro atoms. The fraction of sp³-hybridized carbons (Fsp3) is 0.412. The lowest BCUT2D eigenvalue weighted by molar-refractivity contribution is -0.143. The number of benzene rings is 1. The molecule has 1 amide bonds. The summed E-state index contributed by atoms with van der Waals surface area (Å²) in [6.45, 7) is 4.72. The third-order valence-electron chi connectivity index (χ3n) is 4.25. The Morgan fingerprint density at radius 1 is 1.32 bits per heavy atom. The maximum Gasteiger partial charge on any atom is 0.308 e. The summed E-state index contributed by atoms with van der Waals surface area (Å²) in [5.74, 6) is -1.12. The standard InChI is InChI=1S/C17H19NO4/c1-10-6-13(17(20)21)9-18(8-10)16(19)14-7-12-5-3-4-11(2)15(12)22-14/h3-5,7,10,13H,6,8-9H2,1-2H3,(H,20,21). The van der Waals surface area contributed by atoms with Crippen LogP contribution >= 0.6 is 0 Å². The lowest BCUT2D eigenvalue weighted by Gasteiger charge is -2.34. The Labute approximate surface area is 128 Å². The van der Waals surface area contributed by atoms with Crippen molar-refractivity contribution in [3.63, 3.8) is 0 Å². The van der Waals surface area contributed by atoms with Gasteiger partial charge in [-0.2, -0.15) is 0 Å². The van der Waals surface area contributed by atoms with Crippen LogP contribution in [0, 0.1) is 18.8 Å². The zero-order valence-electron chi connectivity index (χ0n) is 12.7. The molecular formula is C17H19NO4. The summed E-state index contributed by atoms with van der Waals surface area (Å²) in [4.78, 5) is 25.5. The molecule has 0 radical (unpaired) electrons. The first kappa shape index (κ1) is 14.6. The highest BCUT2D eigenvalue weighted by Gasteiger charge is 2.33. The van der Waals surface area contributed by atoms with Crippen molar-refractivity contribution in [1.29, 1.82) is 0 Å². The van der Waals surface area contributed by atoms with E-state index in [2.05, 4.69) is 0 Å². The molecule has 1 aliphatic rings. The van der Waals surface area contributed by atoms with Crippen LogP contribution in [0.3, 0.4) is 0 Å². The monoisotopic (exact) mass is 301 g/mol. The van der Waals surface area contributed by atoms with Crippen LogP contribution < -0.4 is 0 Å². The van der Waals surface area contributed by atoms with Crippen LogP contribution in [-0.4, -0.2) is 35.0 Å². The second-order valence-corrected chi connectivity index (χ2v) is 6.19. The largest absolute Gasteiger partial charge is 0.481 e. The van der Waals surface area contributed by atoms with Gasteiger partial charge in [0.25, 0.3) is 5.91 Å². The van der Waals surface area contributed by atoms with Crippen molar-refractivity contribution in [2.75, 3.05) is 13.1 Å². The number of carbonyl (C=O) groups is 2. The van der Waals surface area contributed by atoms with E-state index in [4.69, 9.17) is 4.42 Å². The van der Waals surface area contributed by atoms with E-state index in [1.807, 2.05) is 32.0 Å². The first-order chi connectivity index (χ1) is 10.5. The first-order valence-electron chi connectivity index (χ1n) is 7.47. The number of hydrogen-bond donors (Lipinski definition) is 1. The van der Waals surface area contributed by atoms with Crippen molar-refractivity contribution in [2.45, 2.75) is 20.3 Å². The Morgan fingerprint density at radius 3 is 2.77 bits per heavy atom. The predicted octanol–water partition coefficient (Wildman–Crippen LogP) is 2.92. The molecule has 0 saturated carbocycles. The predicted molar refractivity (Wildman–Crippen MR) is 81.8 cm³/mol. The third-order valence-corrected chi connectivity index (χ3v) is 4.25. The van der Waals surface area contributed by atoms with Gasteiger partial charge in [0.05, 0.1) is 5.92 Å². The molecule has 1 saturated heterocycles. The summed E-state index contributed by atoms with van der Waals surface area (Å²) in [6.07, 6.45) is 0.609. The second kappa shape index (κ2) is 5.48. The summed E-state index contributed by atoms with van der Waals surface area (Å²) in [6, 6.07) is 7.50. The van der Waals surface area contributed by atoms with Crippen molar-refractivity contribution in [3.8, 4) is 0 Å². The molecule has 1 fully saturated rings. The summed E-state index contributed by atoms with van der Waals surface area (Å²) in [5.41, 5.74) is 1.69. The third kappa shape index (κ3) is 2.58. The fourth-order valence-electron chi connectivity index (χ4n) is 3.17. The molecule has 3 rings (SSSR count). The Hall–Kier alpha value is -2.30. The van der Waals surface area contributed by atoms with Gasteiger partial charge >= 0.3 is 5.97 Å². The van der Waals surface area contributed by atoms with E-state index in [1.165, 1.54) is 0 Å². The Kier molecular flexibility index (Phi) is 3.64. The van der Waals surface area contributed by atoms with Gasteiger partial charge in [0.2, 0.25) is 0 Å². The van der Waals surface area contributed by atoms with Gasteiger partial charge in [0.1, 0.15) is 5.58 Å². The number of carbonyl (C=O) groups excluding carboxylic acids is 1. The SMILES string of the molecule is Cc1cccc2cc(C(=O)N3CC(C)CC(C(=O)O)C3)oc12. The van der Waals surface area contributed by atoms with Gasteiger partial charge in [0, 0.05) is 18.5 Å². The van der Waals surface area contributed by atoms with Gasteiger partial charge in [-0.15, -0.1) is 0 Å². The Morgan fingerprint density at radius 2 is 2.09 bits per heavy atom. The number of aliphatic carboxylic acids is 1. The quantitative estimate of drug-likeness (QED) is 0.926. The molecule has 2 heterocycles. The maximum absolute atomic E-state index is 12.6. The molecule has 0 aliphatic carbocycles. The number of nitrogens with zero attached hydrogens (tertiary/aromatic N) is 1. The van der Waals surface area contributed by atoms with E-state index in [9.17, 15) is 14.7 Å². The zero-order chi connectivity index (χ0) is 15.9. The molecule has 22 heavy (non-hydrogen) atoms. The normalized spacial score (nSPS) is 22.0. The molecule has 2 aromatic rings. The molecule has 1 N–H and O–H groups in total. The number of para-hydroxylation sites is 1. The van der Waals surface area contributed by atoms with Crippen molar-refractivity contribution in [3.05, 3.63) is 35.6 Å². The number of fused-ring (bicyclic) bond motifs is 1. The zero-order valence-corrected chi connectivity index (χ0v) is 12.7. The smallest absolute Gasteiger partial charge is 0.308 e. The van der Waals surface area contributed by atoms with Crippen LogP contribution in [0.15, 0.2) is 28.7 Å². The average molecular weight is 301 g/mol. The molecule has 5 heteroatoms. The van der Waals surface area contributed by atoms with Crippen molar-refractivity contribution < 1.29 is 19.1 Å². The summed E-state index contributed by atoms with van der Waals surface area (Å²) < 4.78 is 5.71. The minimum absolute atomic E-state index is 0.171. The van der Waals surface area contributed by atoms with Crippen LogP contribution in [0.2, 0.25) is 0 Å². The lowest BCUT2D eigenvalue weighted by atomic mass is 9.90. The number of likely N-dealkylation sites (tertiary alicyclic amines) is 1. The van der Waals surface area contributed by atoms with E-state index in [-0.39, 0.29) is 24.1 Å². The Bertz CT molecular complexity index is 733. The molecule has 2 atom stereocenters. The summed E-state index contributed by atoms with van der Waals surface area (Å²) in [7, 11) is 0.